The van der Waals surface area contributed by atoms with E-state index in [9.17, 15) is 9.59 Å². The minimum Gasteiger partial charge on any atom is -0.493 e. The molecule has 1 aliphatic heterocycles. The van der Waals surface area contributed by atoms with Gasteiger partial charge in [0.05, 0.1) is 12.8 Å². The molecule has 1 heterocycles. The highest BCUT2D eigenvalue weighted by atomic mass is 16.5. The van der Waals surface area contributed by atoms with Gasteiger partial charge in [-0.25, -0.2) is 4.79 Å². The van der Waals surface area contributed by atoms with E-state index in [-0.39, 0.29) is 18.6 Å². The molecule has 0 saturated carbocycles. The minimum atomic E-state index is -1.04. The standard InChI is InChI=1S/C15H17NO5/c1-9(2)16-11-6-10(4-5-14(18)19)7-12(20-3)15(11)21-8-13(16)17/h4-7,9H,8H2,1-3H3,(H,18,19)/b5-4+. The van der Waals surface area contributed by atoms with Crippen LogP contribution in [0.15, 0.2) is 18.2 Å². The van der Waals surface area contributed by atoms with Crippen LogP contribution < -0.4 is 14.4 Å². The highest BCUT2D eigenvalue weighted by molar-refractivity contribution is 5.99. The molecule has 0 aliphatic carbocycles. The van der Waals surface area contributed by atoms with E-state index in [2.05, 4.69) is 0 Å². The molecule has 0 aromatic heterocycles. The van der Waals surface area contributed by atoms with E-state index in [4.69, 9.17) is 14.6 Å². The van der Waals surface area contributed by atoms with Crippen LogP contribution >= 0.6 is 0 Å². The van der Waals surface area contributed by atoms with Crippen LogP contribution in [0.2, 0.25) is 0 Å². The van der Waals surface area contributed by atoms with Gasteiger partial charge in [0.2, 0.25) is 0 Å². The Labute approximate surface area is 122 Å². The number of hydrogen-bond donors (Lipinski definition) is 1. The number of methoxy groups -OCH3 is 1. The molecule has 1 aromatic rings. The molecule has 1 aliphatic rings. The summed E-state index contributed by atoms with van der Waals surface area (Å²) in [5.74, 6) is -0.215. The van der Waals surface area contributed by atoms with Gasteiger partial charge in [-0.15, -0.1) is 0 Å². The van der Waals surface area contributed by atoms with E-state index in [1.165, 1.54) is 13.2 Å². The zero-order valence-electron chi connectivity index (χ0n) is 12.1. The van der Waals surface area contributed by atoms with Gasteiger partial charge in [0.1, 0.15) is 0 Å². The summed E-state index contributed by atoms with van der Waals surface area (Å²) in [5.41, 5.74) is 1.21. The third-order valence-electron chi connectivity index (χ3n) is 3.08. The number of amides is 1. The lowest BCUT2D eigenvalue weighted by molar-refractivity contribution is -0.131. The van der Waals surface area contributed by atoms with Crippen LogP contribution in [-0.4, -0.2) is 36.7 Å². The fourth-order valence-corrected chi connectivity index (χ4v) is 2.25. The first-order valence-electron chi connectivity index (χ1n) is 6.52. The van der Waals surface area contributed by atoms with Crippen LogP contribution in [-0.2, 0) is 9.59 Å². The Hall–Kier alpha value is -2.50. The van der Waals surface area contributed by atoms with Gasteiger partial charge in [-0.1, -0.05) is 0 Å². The lowest BCUT2D eigenvalue weighted by atomic mass is 10.1. The molecule has 21 heavy (non-hydrogen) atoms. The first-order valence-corrected chi connectivity index (χ1v) is 6.52. The van der Waals surface area contributed by atoms with Gasteiger partial charge < -0.3 is 19.5 Å². The molecule has 0 saturated heterocycles. The van der Waals surface area contributed by atoms with E-state index in [0.717, 1.165) is 6.08 Å². The zero-order chi connectivity index (χ0) is 15.6. The molecule has 0 atom stereocenters. The SMILES string of the molecule is COc1cc(/C=C/C(=O)O)cc2c1OCC(=O)N2C(C)C. The molecule has 0 spiro atoms. The number of carboxylic acids is 1. The molecule has 1 amide bonds. The second kappa shape index (κ2) is 5.87. The molecule has 0 radical (unpaired) electrons. The highest BCUT2D eigenvalue weighted by Gasteiger charge is 2.30. The van der Waals surface area contributed by atoms with Gasteiger partial charge in [0, 0.05) is 12.1 Å². The highest BCUT2D eigenvalue weighted by Crippen LogP contribution is 2.42. The molecule has 0 bridgehead atoms. The molecule has 1 aromatic carbocycles. The van der Waals surface area contributed by atoms with Gasteiger partial charge in [-0.2, -0.15) is 0 Å². The Morgan fingerprint density at radius 1 is 1.48 bits per heavy atom. The predicted molar refractivity (Wildman–Crippen MR) is 77.8 cm³/mol. The van der Waals surface area contributed by atoms with Crippen LogP contribution in [0.3, 0.4) is 0 Å². The van der Waals surface area contributed by atoms with Gasteiger partial charge >= 0.3 is 5.97 Å². The maximum atomic E-state index is 12.0. The lowest BCUT2D eigenvalue weighted by Gasteiger charge is -2.33. The van der Waals surface area contributed by atoms with Crippen molar-refractivity contribution in [2.45, 2.75) is 19.9 Å². The fraction of sp³-hybridized carbons (Fsp3) is 0.333. The average molecular weight is 291 g/mol. The summed E-state index contributed by atoms with van der Waals surface area (Å²) < 4.78 is 10.7. The van der Waals surface area contributed by atoms with Gasteiger partial charge in [0.25, 0.3) is 5.91 Å². The minimum absolute atomic E-state index is 0.0359. The number of aliphatic carboxylic acids is 1. The van der Waals surface area contributed by atoms with Crippen LogP contribution in [0, 0.1) is 0 Å². The van der Waals surface area contributed by atoms with Crippen LogP contribution in [0.25, 0.3) is 6.08 Å². The number of rotatable bonds is 4. The fourth-order valence-electron chi connectivity index (χ4n) is 2.25. The Bertz CT molecular complexity index is 606. The van der Waals surface area contributed by atoms with Crippen molar-refractivity contribution in [3.8, 4) is 11.5 Å². The normalized spacial score (nSPS) is 14.3. The van der Waals surface area contributed by atoms with E-state index < -0.39 is 5.97 Å². The van der Waals surface area contributed by atoms with Crippen LogP contribution in [0.5, 0.6) is 11.5 Å². The van der Waals surface area contributed by atoms with Crippen molar-refractivity contribution in [1.29, 1.82) is 0 Å². The molecule has 6 nitrogen and oxygen atoms in total. The number of hydrogen-bond acceptors (Lipinski definition) is 4. The first kappa shape index (κ1) is 14.9. The van der Waals surface area contributed by atoms with Crippen LogP contribution in [0.4, 0.5) is 5.69 Å². The number of fused-ring (bicyclic) bond motifs is 1. The van der Waals surface area contributed by atoms with Crippen molar-refractivity contribution in [2.75, 3.05) is 18.6 Å². The number of ether oxygens (including phenoxy) is 2. The molecule has 2 rings (SSSR count). The van der Waals surface area contributed by atoms with Crippen molar-refractivity contribution in [2.24, 2.45) is 0 Å². The van der Waals surface area contributed by atoms with Crippen molar-refractivity contribution >= 4 is 23.6 Å². The first-order chi connectivity index (χ1) is 9.93. The largest absolute Gasteiger partial charge is 0.493 e. The number of benzene rings is 1. The maximum absolute atomic E-state index is 12.0. The Morgan fingerprint density at radius 2 is 2.19 bits per heavy atom. The molecule has 6 heteroatoms. The molecule has 0 fully saturated rings. The monoisotopic (exact) mass is 291 g/mol. The number of carbonyl (C=O) groups excluding carboxylic acids is 1. The van der Waals surface area contributed by atoms with E-state index in [1.807, 2.05) is 13.8 Å². The van der Waals surface area contributed by atoms with Gasteiger partial charge in [-0.05, 0) is 37.6 Å². The Balaban J connectivity index is 2.56. The van der Waals surface area contributed by atoms with E-state index >= 15 is 0 Å². The van der Waals surface area contributed by atoms with Crippen LogP contribution in [0.1, 0.15) is 19.4 Å². The molecule has 1 N–H and O–H groups in total. The Morgan fingerprint density at radius 3 is 2.76 bits per heavy atom. The number of carbonyl (C=O) groups is 2. The van der Waals surface area contributed by atoms with E-state index in [1.54, 1.807) is 17.0 Å². The zero-order valence-corrected chi connectivity index (χ0v) is 12.1. The Kier molecular flexibility index (Phi) is 4.16. The summed E-state index contributed by atoms with van der Waals surface area (Å²) in [7, 11) is 1.50. The van der Waals surface area contributed by atoms with Crippen molar-refractivity contribution in [3.63, 3.8) is 0 Å². The molecule has 112 valence electrons. The summed E-state index contributed by atoms with van der Waals surface area (Å²) in [4.78, 5) is 24.3. The molecular weight excluding hydrogens is 274 g/mol. The van der Waals surface area contributed by atoms with Crippen molar-refractivity contribution in [1.82, 2.24) is 0 Å². The molecular formula is C15H17NO5. The van der Waals surface area contributed by atoms with Gasteiger partial charge in [0.15, 0.2) is 18.1 Å². The third kappa shape index (κ3) is 2.99. The number of carboxylic acid groups (broad SMARTS) is 1. The quantitative estimate of drug-likeness (QED) is 0.858. The van der Waals surface area contributed by atoms with Gasteiger partial charge in [-0.3, -0.25) is 4.79 Å². The summed E-state index contributed by atoms with van der Waals surface area (Å²) in [6.45, 7) is 3.77. The van der Waals surface area contributed by atoms with Crippen molar-refractivity contribution in [3.05, 3.63) is 23.8 Å². The summed E-state index contributed by atoms with van der Waals surface area (Å²) in [5, 5.41) is 8.71. The second-order valence-corrected chi connectivity index (χ2v) is 4.89. The number of anilines is 1. The topological polar surface area (TPSA) is 76.1 Å². The summed E-state index contributed by atoms with van der Waals surface area (Å²) in [6.07, 6.45) is 2.48. The maximum Gasteiger partial charge on any atom is 0.328 e. The third-order valence-corrected chi connectivity index (χ3v) is 3.08. The van der Waals surface area contributed by atoms with E-state index in [0.29, 0.717) is 22.7 Å². The summed E-state index contributed by atoms with van der Waals surface area (Å²) in [6, 6.07) is 3.35. The predicted octanol–water partition coefficient (Wildman–Crippen LogP) is 1.93. The lowest BCUT2D eigenvalue weighted by Crippen LogP contribution is -2.43. The second-order valence-electron chi connectivity index (χ2n) is 4.89. The summed E-state index contributed by atoms with van der Waals surface area (Å²) >= 11 is 0. The average Bonchev–Trinajstić information content (AvgIpc) is 2.43. The molecule has 0 unspecified atom stereocenters. The smallest absolute Gasteiger partial charge is 0.328 e. The van der Waals surface area contributed by atoms with Crippen molar-refractivity contribution < 1.29 is 24.2 Å². The number of nitrogens with zero attached hydrogens (tertiary/aromatic N) is 1.